The fourth-order valence-electron chi connectivity index (χ4n) is 3.13. The lowest BCUT2D eigenvalue weighted by atomic mass is 10.0. The number of aliphatic hydroxyl groups excluding tert-OH is 1. The lowest BCUT2D eigenvalue weighted by Gasteiger charge is -2.01. The molecule has 3 nitrogen and oxygen atoms in total. The van der Waals surface area contributed by atoms with Gasteiger partial charge in [-0.1, -0.05) is 31.4 Å². The maximum Gasteiger partial charge on any atom is 0.0854 e. The predicted molar refractivity (Wildman–Crippen MR) is 97.0 cm³/mol. The predicted octanol–water partition coefficient (Wildman–Crippen LogP) is 3.36. The van der Waals surface area contributed by atoms with Crippen LogP contribution in [0, 0.1) is 13.8 Å². The third-order valence-electron chi connectivity index (χ3n) is 4.41. The average molecular weight is 306 g/mol. The van der Waals surface area contributed by atoms with E-state index in [1.807, 2.05) is 12.1 Å². The molecule has 2 aromatic heterocycles. The summed E-state index contributed by atoms with van der Waals surface area (Å²) in [5.74, 6) is 0.229. The lowest BCUT2D eigenvalue weighted by Crippen LogP contribution is -2.20. The highest BCUT2D eigenvalue weighted by Gasteiger charge is 2.10. The van der Waals surface area contributed by atoms with E-state index in [4.69, 9.17) is 0 Å². The van der Waals surface area contributed by atoms with Crippen molar-refractivity contribution in [1.29, 1.82) is 0 Å². The Bertz CT molecular complexity index is 989. The summed E-state index contributed by atoms with van der Waals surface area (Å²) >= 11 is 0. The highest BCUT2D eigenvalue weighted by Crippen LogP contribution is 2.21. The zero-order valence-electron chi connectivity index (χ0n) is 13.7. The molecular formula is C20H22N2O. The minimum absolute atomic E-state index is 0.229. The number of aliphatic hydroxyl groups is 1. The van der Waals surface area contributed by atoms with Gasteiger partial charge in [-0.05, 0) is 43.5 Å². The summed E-state index contributed by atoms with van der Waals surface area (Å²) in [4.78, 5) is 6.79. The van der Waals surface area contributed by atoms with E-state index in [9.17, 15) is 5.11 Å². The molecule has 0 spiro atoms. The molecule has 0 atom stereocenters. The molecule has 0 radical (unpaired) electrons. The van der Waals surface area contributed by atoms with E-state index >= 15 is 0 Å². The van der Waals surface area contributed by atoms with E-state index in [0.29, 0.717) is 6.42 Å². The molecule has 23 heavy (non-hydrogen) atoms. The molecule has 118 valence electrons. The highest BCUT2D eigenvalue weighted by atomic mass is 16.3. The Balaban J connectivity index is 2.12. The molecule has 3 N–H and O–H groups in total. The van der Waals surface area contributed by atoms with Gasteiger partial charge in [0.25, 0.3) is 0 Å². The van der Waals surface area contributed by atoms with Crippen LogP contribution in [-0.4, -0.2) is 15.1 Å². The normalized spacial score (nSPS) is 12.2. The number of rotatable bonds is 4. The Morgan fingerprint density at radius 1 is 1.22 bits per heavy atom. The minimum atomic E-state index is 0.229. The highest BCUT2D eigenvalue weighted by molar-refractivity contribution is 5.82. The zero-order valence-corrected chi connectivity index (χ0v) is 13.7. The summed E-state index contributed by atoms with van der Waals surface area (Å²) in [6.45, 7) is 11.9. The monoisotopic (exact) mass is 306 g/mol. The molecule has 3 rings (SSSR count). The van der Waals surface area contributed by atoms with Crippen LogP contribution in [0.25, 0.3) is 23.6 Å². The second kappa shape index (κ2) is 5.84. The van der Waals surface area contributed by atoms with Crippen LogP contribution in [0.4, 0.5) is 0 Å². The van der Waals surface area contributed by atoms with Crippen LogP contribution in [0.5, 0.6) is 0 Å². The number of hydrogen-bond acceptors (Lipinski definition) is 1. The minimum Gasteiger partial charge on any atom is -0.513 e. The molecule has 3 heteroatoms. The van der Waals surface area contributed by atoms with Crippen molar-refractivity contribution in [3.8, 4) is 0 Å². The van der Waals surface area contributed by atoms with Crippen molar-refractivity contribution in [2.24, 2.45) is 0 Å². The van der Waals surface area contributed by atoms with Crippen molar-refractivity contribution < 1.29 is 5.11 Å². The van der Waals surface area contributed by atoms with Crippen molar-refractivity contribution >= 4 is 23.6 Å². The number of aromatic nitrogens is 2. The first-order chi connectivity index (χ1) is 11.0. The van der Waals surface area contributed by atoms with Crippen LogP contribution in [0.3, 0.4) is 0 Å². The maximum absolute atomic E-state index is 9.34. The Hall–Kier alpha value is -2.68. The van der Waals surface area contributed by atoms with Crippen LogP contribution in [0.2, 0.25) is 0 Å². The Labute approximate surface area is 135 Å². The van der Waals surface area contributed by atoms with Gasteiger partial charge < -0.3 is 15.1 Å². The maximum atomic E-state index is 9.34. The first-order valence-corrected chi connectivity index (χ1v) is 7.79. The molecule has 3 aromatic rings. The van der Waals surface area contributed by atoms with Crippen LogP contribution in [0.1, 0.15) is 28.9 Å². The molecule has 2 heterocycles. The zero-order chi connectivity index (χ0) is 16.6. The van der Waals surface area contributed by atoms with E-state index in [1.54, 1.807) is 0 Å². The fraction of sp³-hybridized carbons (Fsp3) is 0.200. The van der Waals surface area contributed by atoms with Crippen LogP contribution in [0.15, 0.2) is 36.6 Å². The topological polar surface area (TPSA) is 51.8 Å². The number of nitrogens with one attached hydrogen (secondary N) is 2. The molecule has 0 aliphatic rings. The van der Waals surface area contributed by atoms with Gasteiger partial charge >= 0.3 is 0 Å². The molecule has 0 unspecified atom stereocenters. The van der Waals surface area contributed by atoms with Gasteiger partial charge in [0.15, 0.2) is 0 Å². The SMILES string of the molecule is C=C(O)CCc1c(C)[nH]c(/C=c2\c(=C)[nH]c3ccccc23)c1C. The summed E-state index contributed by atoms with van der Waals surface area (Å²) in [5.41, 5.74) is 5.79. The number of H-pyrrole nitrogens is 2. The van der Waals surface area contributed by atoms with Gasteiger partial charge in [-0.2, -0.15) is 0 Å². The third-order valence-corrected chi connectivity index (χ3v) is 4.41. The van der Waals surface area contributed by atoms with Gasteiger partial charge in [-0.25, -0.2) is 0 Å². The summed E-state index contributed by atoms with van der Waals surface area (Å²) in [6.07, 6.45) is 3.54. The summed E-state index contributed by atoms with van der Waals surface area (Å²) in [5, 5.41) is 12.5. The standard InChI is InChI=1S/C20H22N2O/c1-12(23)9-10-16-13(2)20(22-14(16)3)11-18-15(4)21-19-8-6-5-7-17(18)19/h5-8,11,21-23H,1,4,9-10H2,2-3H3/b18-11+. The Kier molecular flexibility index (Phi) is 3.87. The van der Waals surface area contributed by atoms with E-state index in [0.717, 1.165) is 33.9 Å². The first-order valence-electron chi connectivity index (χ1n) is 7.79. The Morgan fingerprint density at radius 3 is 2.70 bits per heavy atom. The second-order valence-corrected chi connectivity index (χ2v) is 6.04. The van der Waals surface area contributed by atoms with E-state index < -0.39 is 0 Å². The summed E-state index contributed by atoms with van der Waals surface area (Å²) in [7, 11) is 0. The average Bonchev–Trinajstić information content (AvgIpc) is 2.95. The van der Waals surface area contributed by atoms with Crippen molar-refractivity contribution in [1.82, 2.24) is 9.97 Å². The molecule has 0 aliphatic heterocycles. The molecule has 0 aliphatic carbocycles. The second-order valence-electron chi connectivity index (χ2n) is 6.04. The molecule has 0 saturated carbocycles. The number of hydrogen-bond donors (Lipinski definition) is 3. The van der Waals surface area contributed by atoms with Gasteiger partial charge in [-0.3, -0.25) is 0 Å². The quantitative estimate of drug-likeness (QED) is 0.636. The van der Waals surface area contributed by atoms with E-state index in [-0.39, 0.29) is 5.76 Å². The largest absolute Gasteiger partial charge is 0.513 e. The molecule has 0 fully saturated rings. The molecule has 0 bridgehead atoms. The van der Waals surface area contributed by atoms with Gasteiger partial charge in [0.05, 0.1) is 5.76 Å². The van der Waals surface area contributed by atoms with Crippen LogP contribution >= 0.6 is 0 Å². The number of aryl methyl sites for hydroxylation is 1. The number of aromatic amines is 2. The summed E-state index contributed by atoms with van der Waals surface area (Å²) in [6, 6.07) is 8.23. The molecule has 1 aromatic carbocycles. The fourth-order valence-corrected chi connectivity index (χ4v) is 3.13. The van der Waals surface area contributed by atoms with E-state index in [2.05, 4.69) is 55.2 Å². The van der Waals surface area contributed by atoms with Gasteiger partial charge in [-0.15, -0.1) is 0 Å². The van der Waals surface area contributed by atoms with Crippen molar-refractivity contribution in [3.05, 3.63) is 69.7 Å². The van der Waals surface area contributed by atoms with Crippen LogP contribution < -0.4 is 10.6 Å². The van der Waals surface area contributed by atoms with Gasteiger partial charge in [0.2, 0.25) is 0 Å². The molecule has 0 amide bonds. The van der Waals surface area contributed by atoms with Gasteiger partial charge in [0, 0.05) is 39.3 Å². The number of benzene rings is 1. The van der Waals surface area contributed by atoms with Crippen LogP contribution in [-0.2, 0) is 6.42 Å². The summed E-state index contributed by atoms with van der Waals surface area (Å²) < 4.78 is 0. The van der Waals surface area contributed by atoms with Gasteiger partial charge in [0.1, 0.15) is 0 Å². The number of allylic oxidation sites excluding steroid dienone is 1. The van der Waals surface area contributed by atoms with E-state index in [1.165, 1.54) is 16.5 Å². The third kappa shape index (κ3) is 2.82. The Morgan fingerprint density at radius 2 is 1.96 bits per heavy atom. The van der Waals surface area contributed by atoms with Crippen molar-refractivity contribution in [3.63, 3.8) is 0 Å². The number of para-hydroxylation sites is 1. The molecular weight excluding hydrogens is 284 g/mol. The molecule has 0 saturated heterocycles. The lowest BCUT2D eigenvalue weighted by molar-refractivity contribution is 0.391. The first kappa shape index (κ1) is 15.2. The van der Waals surface area contributed by atoms with Crippen molar-refractivity contribution in [2.45, 2.75) is 26.7 Å². The number of fused-ring (bicyclic) bond motifs is 1. The van der Waals surface area contributed by atoms with Crippen molar-refractivity contribution in [2.75, 3.05) is 0 Å². The smallest absolute Gasteiger partial charge is 0.0854 e.